The van der Waals surface area contributed by atoms with Gasteiger partial charge in [0.1, 0.15) is 12.1 Å². The van der Waals surface area contributed by atoms with Gasteiger partial charge in [-0.3, -0.25) is 9.59 Å². The molecular formula is C19H19IN4O5S. The van der Waals surface area contributed by atoms with Gasteiger partial charge in [0.25, 0.3) is 5.91 Å². The molecule has 1 fully saturated rings. The summed E-state index contributed by atoms with van der Waals surface area (Å²) >= 11 is 3.08. The second-order valence-electron chi connectivity index (χ2n) is 7.12. The molecule has 1 aromatic carbocycles. The van der Waals surface area contributed by atoms with Crippen LogP contribution in [0.15, 0.2) is 29.6 Å². The zero-order valence-corrected chi connectivity index (χ0v) is 19.1. The van der Waals surface area contributed by atoms with Crippen molar-refractivity contribution >= 4 is 62.9 Å². The molecule has 0 saturated carbocycles. The summed E-state index contributed by atoms with van der Waals surface area (Å²) in [6.07, 6.45) is 0.251. The summed E-state index contributed by atoms with van der Waals surface area (Å²) in [6.45, 7) is 3.75. The number of nitrogens with one attached hydrogen (secondary N) is 2. The van der Waals surface area contributed by atoms with Gasteiger partial charge in [-0.1, -0.05) is 26.0 Å². The van der Waals surface area contributed by atoms with E-state index in [4.69, 9.17) is 5.11 Å². The maximum atomic E-state index is 13.1. The van der Waals surface area contributed by atoms with Crippen molar-refractivity contribution in [2.24, 2.45) is 5.92 Å². The quantitative estimate of drug-likeness (QED) is 0.365. The smallest absolute Gasteiger partial charge is 0.355 e. The lowest BCUT2D eigenvalue weighted by Crippen LogP contribution is -2.48. The number of rotatable bonds is 7. The Morgan fingerprint density at radius 2 is 2.10 bits per heavy atom. The molecule has 0 radical (unpaired) electrons. The molecule has 0 spiro atoms. The van der Waals surface area contributed by atoms with Crippen LogP contribution in [-0.4, -0.2) is 44.8 Å². The Labute approximate surface area is 190 Å². The number of aromatic carboxylic acids is 1. The zero-order valence-electron chi connectivity index (χ0n) is 16.1. The Morgan fingerprint density at radius 3 is 2.70 bits per heavy atom. The number of carbonyl (C=O) groups excluding carboxylic acids is 3. The third-order valence-corrected chi connectivity index (χ3v) is 5.84. The van der Waals surface area contributed by atoms with Crippen molar-refractivity contribution in [2.45, 2.75) is 32.4 Å². The molecule has 3 N–H and O–H groups in total. The van der Waals surface area contributed by atoms with Gasteiger partial charge in [0.15, 0.2) is 10.8 Å². The van der Waals surface area contributed by atoms with Crippen LogP contribution >= 0.6 is 33.9 Å². The number of benzene rings is 1. The fourth-order valence-electron chi connectivity index (χ4n) is 3.10. The summed E-state index contributed by atoms with van der Waals surface area (Å²) in [6, 6.07) is 4.64. The van der Waals surface area contributed by atoms with Gasteiger partial charge in [-0.25, -0.2) is 19.5 Å². The first-order chi connectivity index (χ1) is 14.2. The highest BCUT2D eigenvalue weighted by molar-refractivity contribution is 14.1. The van der Waals surface area contributed by atoms with Crippen molar-refractivity contribution in [3.8, 4) is 0 Å². The first-order valence-corrected chi connectivity index (χ1v) is 11.0. The van der Waals surface area contributed by atoms with E-state index in [1.165, 1.54) is 5.38 Å². The second-order valence-corrected chi connectivity index (χ2v) is 9.23. The van der Waals surface area contributed by atoms with Gasteiger partial charge in [-0.2, -0.15) is 0 Å². The molecule has 1 saturated heterocycles. The van der Waals surface area contributed by atoms with Crippen LogP contribution in [0.3, 0.4) is 0 Å². The molecule has 30 heavy (non-hydrogen) atoms. The Morgan fingerprint density at radius 1 is 1.37 bits per heavy atom. The van der Waals surface area contributed by atoms with Crippen molar-refractivity contribution in [1.82, 2.24) is 15.2 Å². The third-order valence-electron chi connectivity index (χ3n) is 4.42. The Hall–Kier alpha value is -2.54. The largest absolute Gasteiger partial charge is 0.476 e. The summed E-state index contributed by atoms with van der Waals surface area (Å²) < 4.78 is 0.917. The number of aromatic nitrogens is 1. The van der Waals surface area contributed by atoms with E-state index in [0.717, 1.165) is 19.8 Å². The number of carboxylic acid groups (broad SMARTS) is 1. The molecule has 0 bridgehead atoms. The SMILES string of the molecule is CC(C)C[C@@H](C(=O)Nc1nc(C(=O)O)cs1)N1C(=O)NC(c2cccc(I)c2)C1=O. The first-order valence-electron chi connectivity index (χ1n) is 9.06. The van der Waals surface area contributed by atoms with Crippen LogP contribution in [0.5, 0.6) is 0 Å². The Balaban J connectivity index is 1.84. The number of halogens is 1. The van der Waals surface area contributed by atoms with Gasteiger partial charge < -0.3 is 15.7 Å². The molecule has 158 valence electrons. The van der Waals surface area contributed by atoms with Gasteiger partial charge in [0, 0.05) is 8.95 Å². The molecule has 1 aromatic heterocycles. The molecule has 1 aliphatic rings. The first kappa shape index (κ1) is 22.2. The highest BCUT2D eigenvalue weighted by atomic mass is 127. The van der Waals surface area contributed by atoms with Crippen molar-refractivity contribution in [2.75, 3.05) is 5.32 Å². The standard InChI is InChI=1S/C19H19IN4O5S/c1-9(2)6-13(15(25)23-18-21-12(8-30-18)17(27)28)24-16(26)14(22-19(24)29)10-4-3-5-11(20)7-10/h3-5,7-9,13-14H,6H2,1-2H3,(H,22,29)(H,27,28)(H,21,23,25)/t13-,14?/m0/s1. The van der Waals surface area contributed by atoms with Crippen LogP contribution in [0, 0.1) is 9.49 Å². The van der Waals surface area contributed by atoms with Crippen LogP contribution in [0.4, 0.5) is 9.93 Å². The van der Waals surface area contributed by atoms with Crippen LogP contribution in [0.25, 0.3) is 0 Å². The summed E-state index contributed by atoms with van der Waals surface area (Å²) in [5.74, 6) is -2.29. The summed E-state index contributed by atoms with van der Waals surface area (Å²) in [5.41, 5.74) is 0.446. The van der Waals surface area contributed by atoms with Gasteiger partial charge >= 0.3 is 12.0 Å². The normalized spacial score (nSPS) is 17.2. The molecule has 1 unspecified atom stereocenters. The number of hydrogen-bond acceptors (Lipinski definition) is 6. The number of anilines is 1. The van der Waals surface area contributed by atoms with Crippen LogP contribution in [-0.2, 0) is 9.59 Å². The topological polar surface area (TPSA) is 129 Å². The minimum absolute atomic E-state index is 0.0175. The van der Waals surface area contributed by atoms with Crippen molar-refractivity contribution < 1.29 is 24.3 Å². The van der Waals surface area contributed by atoms with Gasteiger partial charge in [-0.15, -0.1) is 11.3 Å². The van der Waals surface area contributed by atoms with E-state index in [1.807, 2.05) is 19.9 Å². The van der Waals surface area contributed by atoms with Crippen LogP contribution < -0.4 is 10.6 Å². The van der Waals surface area contributed by atoms with E-state index in [9.17, 15) is 19.2 Å². The van der Waals surface area contributed by atoms with E-state index in [0.29, 0.717) is 5.56 Å². The number of carboxylic acids is 1. The number of hydrogen-bond donors (Lipinski definition) is 3. The average Bonchev–Trinajstić information content (AvgIpc) is 3.24. The fraction of sp³-hybridized carbons (Fsp3) is 0.316. The van der Waals surface area contributed by atoms with Crippen LogP contribution in [0.2, 0.25) is 0 Å². The highest BCUT2D eigenvalue weighted by Crippen LogP contribution is 2.27. The number of amides is 4. The molecule has 1 aliphatic heterocycles. The maximum absolute atomic E-state index is 13.1. The fourth-order valence-corrected chi connectivity index (χ4v) is 4.35. The molecule has 2 atom stereocenters. The minimum atomic E-state index is -1.21. The molecule has 4 amide bonds. The van der Waals surface area contributed by atoms with E-state index in [1.54, 1.807) is 18.2 Å². The number of imide groups is 1. The monoisotopic (exact) mass is 542 g/mol. The predicted molar refractivity (Wildman–Crippen MR) is 118 cm³/mol. The average molecular weight is 542 g/mol. The lowest BCUT2D eigenvalue weighted by molar-refractivity contribution is -0.134. The molecule has 2 aromatic rings. The maximum Gasteiger partial charge on any atom is 0.355 e. The number of urea groups is 1. The number of carbonyl (C=O) groups is 4. The lowest BCUT2D eigenvalue weighted by atomic mass is 10.0. The van der Waals surface area contributed by atoms with E-state index < -0.39 is 35.9 Å². The lowest BCUT2D eigenvalue weighted by Gasteiger charge is -2.25. The third kappa shape index (κ3) is 4.78. The van der Waals surface area contributed by atoms with E-state index >= 15 is 0 Å². The Kier molecular flexibility index (Phi) is 6.71. The van der Waals surface area contributed by atoms with Crippen molar-refractivity contribution in [1.29, 1.82) is 0 Å². The minimum Gasteiger partial charge on any atom is -0.476 e. The molecular weight excluding hydrogens is 523 g/mol. The summed E-state index contributed by atoms with van der Waals surface area (Å²) in [4.78, 5) is 54.4. The zero-order chi connectivity index (χ0) is 22.0. The highest BCUT2D eigenvalue weighted by Gasteiger charge is 2.45. The number of thiazole rings is 1. The van der Waals surface area contributed by atoms with Gasteiger partial charge in [-0.05, 0) is 52.6 Å². The molecule has 11 heteroatoms. The molecule has 3 rings (SSSR count). The van der Waals surface area contributed by atoms with Gasteiger partial charge in [0.2, 0.25) is 5.91 Å². The van der Waals surface area contributed by atoms with Crippen molar-refractivity contribution in [3.63, 3.8) is 0 Å². The Bertz CT molecular complexity index is 1010. The summed E-state index contributed by atoms with van der Waals surface area (Å²) in [5, 5.41) is 15.6. The molecule has 0 aliphatic carbocycles. The summed E-state index contributed by atoms with van der Waals surface area (Å²) in [7, 11) is 0. The van der Waals surface area contributed by atoms with E-state index in [2.05, 4.69) is 38.2 Å². The molecule has 9 nitrogen and oxygen atoms in total. The van der Waals surface area contributed by atoms with Gasteiger partial charge in [0.05, 0.1) is 0 Å². The number of nitrogens with zero attached hydrogens (tertiary/aromatic N) is 2. The predicted octanol–water partition coefficient (Wildman–Crippen LogP) is 3.09. The van der Waals surface area contributed by atoms with E-state index in [-0.39, 0.29) is 23.2 Å². The van der Waals surface area contributed by atoms with Crippen LogP contribution in [0.1, 0.15) is 42.4 Å². The second kappa shape index (κ2) is 9.08. The van der Waals surface area contributed by atoms with Crippen molar-refractivity contribution in [3.05, 3.63) is 44.5 Å². The molecule has 2 heterocycles.